The molecule has 4 nitrogen and oxygen atoms in total. The third-order valence-corrected chi connectivity index (χ3v) is 3.43. The third kappa shape index (κ3) is 1.86. The van der Waals surface area contributed by atoms with Crippen molar-refractivity contribution in [2.45, 2.75) is 6.92 Å². The van der Waals surface area contributed by atoms with Crippen LogP contribution in [0.3, 0.4) is 0 Å². The second kappa shape index (κ2) is 4.43. The van der Waals surface area contributed by atoms with Crippen molar-refractivity contribution in [2.24, 2.45) is 0 Å². The maximum Gasteiger partial charge on any atom is 0.253 e. The molecule has 0 saturated heterocycles. The number of hydrogen-bond donors (Lipinski definition) is 0. The fourth-order valence-corrected chi connectivity index (χ4v) is 2.54. The molecule has 2 heterocycles. The van der Waals surface area contributed by atoms with Crippen LogP contribution in [0.25, 0.3) is 16.9 Å². The second-order valence-electron chi connectivity index (χ2n) is 3.93. The zero-order valence-corrected chi connectivity index (χ0v) is 11.2. The predicted molar refractivity (Wildman–Crippen MR) is 70.9 cm³/mol. The lowest BCUT2D eigenvalue weighted by Crippen LogP contribution is -2.01. The van der Waals surface area contributed by atoms with Gasteiger partial charge in [-0.25, -0.2) is 9.37 Å². The first-order valence-electron chi connectivity index (χ1n) is 5.40. The van der Waals surface area contributed by atoms with E-state index in [-0.39, 0.29) is 15.7 Å². The number of aryl methyl sites for hydroxylation is 1. The van der Waals surface area contributed by atoms with Gasteiger partial charge in [0.15, 0.2) is 0 Å². The fraction of sp³-hybridized carbons (Fsp3) is 0.0833. The molecule has 3 aromatic rings. The molecule has 0 spiro atoms. The van der Waals surface area contributed by atoms with Gasteiger partial charge in [-0.15, -0.1) is 0 Å². The number of rotatable bonds is 1. The summed E-state index contributed by atoms with van der Waals surface area (Å²) in [5.41, 5.74) is 1.18. The Bertz CT molecular complexity index is 764. The van der Waals surface area contributed by atoms with Gasteiger partial charge in [0.25, 0.3) is 5.78 Å². The van der Waals surface area contributed by atoms with Crippen LogP contribution < -0.4 is 0 Å². The molecule has 0 N–H and O–H groups in total. The summed E-state index contributed by atoms with van der Waals surface area (Å²) >= 11 is 12.3. The second-order valence-corrected chi connectivity index (χ2v) is 4.70. The zero-order valence-electron chi connectivity index (χ0n) is 9.73. The summed E-state index contributed by atoms with van der Waals surface area (Å²) in [6.07, 6.45) is 1.33. The SMILES string of the molecule is Cc1nc2ncnn2c(Cl)c1-c1c(F)cccc1Cl. The van der Waals surface area contributed by atoms with Crippen molar-refractivity contribution >= 4 is 29.0 Å². The van der Waals surface area contributed by atoms with Crippen molar-refractivity contribution in [2.75, 3.05) is 0 Å². The number of aromatic nitrogens is 4. The number of fused-ring (bicyclic) bond motifs is 1. The minimum atomic E-state index is -0.459. The molecule has 0 radical (unpaired) electrons. The molecule has 19 heavy (non-hydrogen) atoms. The lowest BCUT2D eigenvalue weighted by Gasteiger charge is -2.11. The summed E-state index contributed by atoms with van der Waals surface area (Å²) in [7, 11) is 0. The van der Waals surface area contributed by atoms with Crippen LogP contribution in [0.4, 0.5) is 4.39 Å². The zero-order chi connectivity index (χ0) is 13.6. The first-order valence-corrected chi connectivity index (χ1v) is 6.15. The van der Waals surface area contributed by atoms with E-state index in [1.54, 1.807) is 13.0 Å². The van der Waals surface area contributed by atoms with Gasteiger partial charge in [0.1, 0.15) is 17.3 Å². The van der Waals surface area contributed by atoms with E-state index < -0.39 is 5.82 Å². The maximum absolute atomic E-state index is 14.0. The van der Waals surface area contributed by atoms with Gasteiger partial charge in [-0.2, -0.15) is 14.6 Å². The molecule has 0 aliphatic heterocycles. The van der Waals surface area contributed by atoms with Gasteiger partial charge in [-0.1, -0.05) is 29.3 Å². The van der Waals surface area contributed by atoms with Gasteiger partial charge >= 0.3 is 0 Å². The first-order chi connectivity index (χ1) is 9.09. The highest BCUT2D eigenvalue weighted by Gasteiger charge is 2.19. The van der Waals surface area contributed by atoms with Crippen molar-refractivity contribution in [3.8, 4) is 11.1 Å². The lowest BCUT2D eigenvalue weighted by molar-refractivity contribution is 0.631. The highest BCUT2D eigenvalue weighted by atomic mass is 35.5. The Morgan fingerprint density at radius 1 is 1.21 bits per heavy atom. The predicted octanol–water partition coefficient (Wildman–Crippen LogP) is 3.55. The molecule has 0 saturated carbocycles. The van der Waals surface area contributed by atoms with Gasteiger partial charge in [-0.3, -0.25) is 0 Å². The summed E-state index contributed by atoms with van der Waals surface area (Å²) in [6.45, 7) is 1.72. The molecule has 2 aromatic heterocycles. The molecule has 0 unspecified atom stereocenters. The molecule has 0 bridgehead atoms. The average Bonchev–Trinajstić information content (AvgIpc) is 2.81. The number of hydrogen-bond acceptors (Lipinski definition) is 3. The average molecular weight is 297 g/mol. The van der Waals surface area contributed by atoms with Crippen molar-refractivity contribution in [1.82, 2.24) is 19.6 Å². The van der Waals surface area contributed by atoms with Gasteiger partial charge < -0.3 is 0 Å². The van der Waals surface area contributed by atoms with Crippen molar-refractivity contribution in [3.05, 3.63) is 46.2 Å². The van der Waals surface area contributed by atoms with Crippen molar-refractivity contribution < 1.29 is 4.39 Å². The van der Waals surface area contributed by atoms with Gasteiger partial charge in [-0.05, 0) is 19.1 Å². The van der Waals surface area contributed by atoms with Gasteiger partial charge in [0.2, 0.25) is 0 Å². The molecule has 0 atom stereocenters. The third-order valence-electron chi connectivity index (χ3n) is 2.76. The Balaban J connectivity index is 2.42. The van der Waals surface area contributed by atoms with Crippen LogP contribution >= 0.6 is 23.2 Å². The minimum absolute atomic E-state index is 0.219. The molecule has 0 amide bonds. The molecule has 3 rings (SSSR count). The van der Waals surface area contributed by atoms with Crippen molar-refractivity contribution in [3.63, 3.8) is 0 Å². The first kappa shape index (κ1) is 12.3. The van der Waals surface area contributed by atoms with Crippen LogP contribution in [-0.2, 0) is 0 Å². The Morgan fingerprint density at radius 2 is 2.00 bits per heavy atom. The monoisotopic (exact) mass is 296 g/mol. The topological polar surface area (TPSA) is 43.1 Å². The summed E-state index contributed by atoms with van der Waals surface area (Å²) in [6, 6.07) is 4.45. The maximum atomic E-state index is 14.0. The Hall–Kier alpha value is -1.72. The van der Waals surface area contributed by atoms with E-state index in [4.69, 9.17) is 23.2 Å². The molecule has 0 aliphatic carbocycles. The number of nitrogens with zero attached hydrogens (tertiary/aromatic N) is 4. The fourth-order valence-electron chi connectivity index (χ4n) is 1.93. The summed E-state index contributed by atoms with van der Waals surface area (Å²) < 4.78 is 15.3. The van der Waals surface area contributed by atoms with E-state index in [1.807, 2.05) is 0 Å². The molecular weight excluding hydrogens is 290 g/mol. The number of halogens is 3. The molecule has 7 heteroatoms. The molecule has 0 fully saturated rings. The van der Waals surface area contributed by atoms with Gasteiger partial charge in [0, 0.05) is 11.1 Å². The van der Waals surface area contributed by atoms with E-state index in [0.717, 1.165) is 0 Å². The Labute approximate surface area is 117 Å². The molecule has 0 aliphatic rings. The van der Waals surface area contributed by atoms with Crippen LogP contribution in [-0.4, -0.2) is 19.6 Å². The van der Waals surface area contributed by atoms with Crippen LogP contribution in [0.15, 0.2) is 24.5 Å². The standard InChI is InChI=1S/C12H7Cl2FN4/c1-6-9(10-7(13)3-2-4-8(10)15)11(14)19-12(18-6)16-5-17-19/h2-5H,1H3. The highest BCUT2D eigenvalue weighted by Crippen LogP contribution is 2.36. The van der Waals surface area contributed by atoms with E-state index in [0.29, 0.717) is 17.0 Å². The lowest BCUT2D eigenvalue weighted by atomic mass is 10.1. The van der Waals surface area contributed by atoms with E-state index in [2.05, 4.69) is 15.1 Å². The molecule has 96 valence electrons. The Morgan fingerprint density at radius 3 is 2.74 bits per heavy atom. The smallest absolute Gasteiger partial charge is 0.216 e. The van der Waals surface area contributed by atoms with Crippen LogP contribution in [0, 0.1) is 12.7 Å². The van der Waals surface area contributed by atoms with Crippen LogP contribution in [0.5, 0.6) is 0 Å². The Kier molecular flexibility index (Phi) is 2.88. The summed E-state index contributed by atoms with van der Waals surface area (Å²) in [4.78, 5) is 8.18. The molecule has 1 aromatic carbocycles. The summed E-state index contributed by atoms with van der Waals surface area (Å²) in [5.74, 6) is -0.0996. The minimum Gasteiger partial charge on any atom is -0.216 e. The van der Waals surface area contributed by atoms with Gasteiger partial charge in [0.05, 0.1) is 10.7 Å². The highest BCUT2D eigenvalue weighted by molar-refractivity contribution is 6.36. The largest absolute Gasteiger partial charge is 0.253 e. The van der Waals surface area contributed by atoms with Crippen LogP contribution in [0.2, 0.25) is 10.2 Å². The van der Waals surface area contributed by atoms with E-state index in [9.17, 15) is 4.39 Å². The van der Waals surface area contributed by atoms with Crippen molar-refractivity contribution in [1.29, 1.82) is 0 Å². The quantitative estimate of drug-likeness (QED) is 0.645. The van der Waals surface area contributed by atoms with Crippen LogP contribution in [0.1, 0.15) is 5.69 Å². The van der Waals surface area contributed by atoms with E-state index in [1.165, 1.54) is 23.0 Å². The number of benzene rings is 1. The summed E-state index contributed by atoms with van der Waals surface area (Å²) in [5, 5.41) is 4.45. The van der Waals surface area contributed by atoms with E-state index >= 15 is 0 Å². The molecular formula is C12H7Cl2FN4. The normalized spacial score (nSPS) is 11.2.